The lowest BCUT2D eigenvalue weighted by atomic mass is 10.0. The molecule has 24 heavy (non-hydrogen) atoms. The molecule has 0 radical (unpaired) electrons. The van der Waals surface area contributed by atoms with Crippen molar-refractivity contribution in [1.29, 1.82) is 0 Å². The van der Waals surface area contributed by atoms with E-state index in [-0.39, 0.29) is 5.95 Å². The molecule has 4 rings (SSSR count). The topological polar surface area (TPSA) is 58.6 Å². The Kier molecular flexibility index (Phi) is 3.47. The van der Waals surface area contributed by atoms with Crippen molar-refractivity contribution in [2.45, 2.75) is 6.92 Å². The lowest BCUT2D eigenvalue weighted by molar-refractivity contribution is 0.336. The third-order valence-corrected chi connectivity index (χ3v) is 4.09. The molecule has 4 nitrogen and oxygen atoms in total. The summed E-state index contributed by atoms with van der Waals surface area (Å²) < 4.78 is 5.39. The summed E-state index contributed by atoms with van der Waals surface area (Å²) in [5, 5.41) is 10.7. The maximum atomic E-state index is 10.1. The Morgan fingerprint density at radius 2 is 1.96 bits per heavy atom. The van der Waals surface area contributed by atoms with Crippen LogP contribution in [0.1, 0.15) is 18.2 Å². The Bertz CT molecular complexity index is 1000. The Morgan fingerprint density at radius 1 is 1.12 bits per heavy atom. The molecule has 0 unspecified atom stereocenters. The number of hydrogen-bond donors (Lipinski definition) is 1. The average molecular weight is 337 g/mol. The van der Waals surface area contributed by atoms with Gasteiger partial charge in [-0.05, 0) is 37.3 Å². The zero-order chi connectivity index (χ0) is 16.7. The minimum Gasteiger partial charge on any atom is -0.479 e. The first-order valence-electron chi connectivity index (χ1n) is 7.44. The molecule has 1 aliphatic rings. The van der Waals surface area contributed by atoms with Crippen LogP contribution < -0.4 is 0 Å². The van der Waals surface area contributed by atoms with Crippen LogP contribution in [-0.2, 0) is 0 Å². The summed E-state index contributed by atoms with van der Waals surface area (Å²) in [5.74, 6) is 0.0948. The van der Waals surface area contributed by atoms with Crippen LogP contribution in [0.4, 0.5) is 5.69 Å². The predicted molar refractivity (Wildman–Crippen MR) is 95.7 cm³/mol. The van der Waals surface area contributed by atoms with Gasteiger partial charge in [-0.25, -0.2) is 4.98 Å². The predicted octanol–water partition coefficient (Wildman–Crippen LogP) is 5.35. The van der Waals surface area contributed by atoms with Crippen LogP contribution in [0.3, 0.4) is 0 Å². The van der Waals surface area contributed by atoms with Gasteiger partial charge < -0.3 is 9.52 Å². The fourth-order valence-corrected chi connectivity index (χ4v) is 2.91. The number of fused-ring (bicyclic) bond motifs is 1. The number of benzene rings is 2. The highest BCUT2D eigenvalue weighted by Gasteiger charge is 2.20. The molecule has 0 fully saturated rings. The van der Waals surface area contributed by atoms with E-state index in [2.05, 4.69) is 9.98 Å². The van der Waals surface area contributed by atoms with Gasteiger partial charge in [0.2, 0.25) is 5.89 Å². The Morgan fingerprint density at radius 3 is 2.79 bits per heavy atom. The number of aromatic hydroxyl groups is 1. The Labute approximate surface area is 143 Å². The SMILES string of the molecule is CC1=Nc2ccccc2/C1=C\c1nc(-c2cccc(Cl)c2)oc1O. The molecule has 0 amide bonds. The molecule has 2 heterocycles. The van der Waals surface area contributed by atoms with Crippen molar-refractivity contribution in [3.8, 4) is 17.4 Å². The molecule has 0 spiro atoms. The van der Waals surface area contributed by atoms with Gasteiger partial charge in [0.25, 0.3) is 0 Å². The molecule has 0 atom stereocenters. The first-order chi connectivity index (χ1) is 11.6. The van der Waals surface area contributed by atoms with E-state index in [0.717, 1.165) is 22.5 Å². The number of oxazole rings is 1. The van der Waals surface area contributed by atoms with Crippen molar-refractivity contribution < 1.29 is 9.52 Å². The van der Waals surface area contributed by atoms with Crippen molar-refractivity contribution in [2.24, 2.45) is 4.99 Å². The maximum absolute atomic E-state index is 10.1. The minimum absolute atomic E-state index is 0.227. The van der Waals surface area contributed by atoms with E-state index in [1.807, 2.05) is 37.3 Å². The maximum Gasteiger partial charge on any atom is 0.310 e. The average Bonchev–Trinajstić information content (AvgIpc) is 3.09. The molecule has 3 aromatic rings. The number of para-hydroxylation sites is 1. The van der Waals surface area contributed by atoms with Crippen LogP contribution in [0, 0.1) is 0 Å². The number of aromatic nitrogens is 1. The normalized spacial score (nSPS) is 14.8. The van der Waals surface area contributed by atoms with Crippen LogP contribution >= 0.6 is 11.6 Å². The summed E-state index contributed by atoms with van der Waals surface area (Å²) in [4.78, 5) is 8.91. The Hall–Kier alpha value is -2.85. The zero-order valence-electron chi connectivity index (χ0n) is 12.8. The van der Waals surface area contributed by atoms with E-state index < -0.39 is 0 Å². The second kappa shape index (κ2) is 5.65. The number of rotatable bonds is 2. The molecule has 0 bridgehead atoms. The fraction of sp³-hybridized carbons (Fsp3) is 0.0526. The summed E-state index contributed by atoms with van der Waals surface area (Å²) in [6, 6.07) is 15.0. The summed E-state index contributed by atoms with van der Waals surface area (Å²) in [7, 11) is 0. The van der Waals surface area contributed by atoms with E-state index in [4.69, 9.17) is 16.0 Å². The number of nitrogens with zero attached hydrogens (tertiary/aromatic N) is 2. The van der Waals surface area contributed by atoms with E-state index in [1.54, 1.807) is 24.3 Å². The van der Waals surface area contributed by atoms with Crippen LogP contribution in [-0.4, -0.2) is 15.8 Å². The molecule has 5 heteroatoms. The molecule has 1 aromatic heterocycles. The van der Waals surface area contributed by atoms with Crippen LogP contribution in [0.25, 0.3) is 23.1 Å². The summed E-state index contributed by atoms with van der Waals surface area (Å²) >= 11 is 5.99. The zero-order valence-corrected chi connectivity index (χ0v) is 13.6. The second-order valence-electron chi connectivity index (χ2n) is 5.49. The van der Waals surface area contributed by atoms with Crippen LogP contribution in [0.5, 0.6) is 5.95 Å². The molecule has 2 aromatic carbocycles. The quantitative estimate of drug-likeness (QED) is 0.686. The van der Waals surface area contributed by atoms with Crippen molar-refractivity contribution in [3.05, 3.63) is 64.8 Å². The van der Waals surface area contributed by atoms with Gasteiger partial charge in [-0.3, -0.25) is 4.99 Å². The first-order valence-corrected chi connectivity index (χ1v) is 7.82. The standard InChI is InChI=1S/C19H13ClN2O2/c1-11-15(14-7-2-3-8-16(14)21-11)10-17-19(23)24-18(22-17)12-5-4-6-13(20)9-12/h2-10,23H,1H3/b15-10-. The molecule has 1 N–H and O–H groups in total. The van der Waals surface area contributed by atoms with Gasteiger partial charge in [0.1, 0.15) is 5.69 Å². The van der Waals surface area contributed by atoms with Gasteiger partial charge >= 0.3 is 5.95 Å². The third-order valence-electron chi connectivity index (χ3n) is 3.86. The smallest absolute Gasteiger partial charge is 0.310 e. The highest BCUT2D eigenvalue weighted by Crippen LogP contribution is 2.37. The number of hydrogen-bond acceptors (Lipinski definition) is 4. The van der Waals surface area contributed by atoms with Gasteiger partial charge in [0.15, 0.2) is 0 Å². The number of allylic oxidation sites excluding steroid dienone is 1. The summed E-state index contributed by atoms with van der Waals surface area (Å²) in [6.07, 6.45) is 1.79. The summed E-state index contributed by atoms with van der Waals surface area (Å²) in [5.41, 5.74) is 4.81. The second-order valence-corrected chi connectivity index (χ2v) is 5.93. The first kappa shape index (κ1) is 14.7. The number of halogens is 1. The monoisotopic (exact) mass is 336 g/mol. The number of aliphatic imine (C=N–C) groups is 1. The third kappa shape index (κ3) is 2.51. The lowest BCUT2D eigenvalue weighted by Crippen LogP contribution is -1.90. The highest BCUT2D eigenvalue weighted by molar-refractivity contribution is 6.31. The van der Waals surface area contributed by atoms with Crippen molar-refractivity contribution in [1.82, 2.24) is 4.98 Å². The molecule has 1 aliphatic heterocycles. The Balaban J connectivity index is 1.78. The highest BCUT2D eigenvalue weighted by atomic mass is 35.5. The molecule has 0 saturated heterocycles. The fourth-order valence-electron chi connectivity index (χ4n) is 2.72. The van der Waals surface area contributed by atoms with Gasteiger partial charge in [0, 0.05) is 27.4 Å². The van der Waals surface area contributed by atoms with E-state index in [0.29, 0.717) is 22.2 Å². The molecule has 0 saturated carbocycles. The molecular formula is C19H13ClN2O2. The largest absolute Gasteiger partial charge is 0.479 e. The minimum atomic E-state index is -0.227. The van der Waals surface area contributed by atoms with Crippen LogP contribution in [0.2, 0.25) is 5.02 Å². The van der Waals surface area contributed by atoms with Gasteiger partial charge in [-0.2, -0.15) is 0 Å². The van der Waals surface area contributed by atoms with Crippen molar-refractivity contribution in [2.75, 3.05) is 0 Å². The molecule has 118 valence electrons. The van der Waals surface area contributed by atoms with E-state index in [9.17, 15) is 5.11 Å². The van der Waals surface area contributed by atoms with Gasteiger partial charge in [0.05, 0.1) is 5.69 Å². The van der Waals surface area contributed by atoms with E-state index in [1.165, 1.54) is 0 Å². The van der Waals surface area contributed by atoms with Crippen molar-refractivity contribution in [3.63, 3.8) is 0 Å². The van der Waals surface area contributed by atoms with E-state index >= 15 is 0 Å². The molecular weight excluding hydrogens is 324 g/mol. The lowest BCUT2D eigenvalue weighted by Gasteiger charge is -1.99. The van der Waals surface area contributed by atoms with Gasteiger partial charge in [-0.15, -0.1) is 0 Å². The summed E-state index contributed by atoms with van der Waals surface area (Å²) in [6.45, 7) is 1.93. The van der Waals surface area contributed by atoms with Crippen molar-refractivity contribution >= 4 is 34.6 Å². The van der Waals surface area contributed by atoms with Gasteiger partial charge in [-0.1, -0.05) is 35.9 Å². The van der Waals surface area contributed by atoms with Crippen LogP contribution in [0.15, 0.2) is 57.9 Å². The molecule has 0 aliphatic carbocycles.